The molecule has 0 spiro atoms. The van der Waals surface area contributed by atoms with Crippen LogP contribution in [0.2, 0.25) is 0 Å². The van der Waals surface area contributed by atoms with E-state index in [1.807, 2.05) is 52.8 Å². The Bertz CT molecular complexity index is 758. The SMILES string of the molecule is CCC(C)C(=O)Oc1ccc2[nH]c(CNC(=O)OC(C)(C)C)cc2c1. The number of alkyl carbamates (subject to hydrolysis) is 1. The first-order valence-electron chi connectivity index (χ1n) is 8.48. The highest BCUT2D eigenvalue weighted by atomic mass is 16.6. The van der Waals surface area contributed by atoms with Gasteiger partial charge in [-0.1, -0.05) is 13.8 Å². The van der Waals surface area contributed by atoms with Crippen LogP contribution in [0.15, 0.2) is 24.3 Å². The molecular weight excluding hydrogens is 320 g/mol. The molecule has 0 aliphatic rings. The van der Waals surface area contributed by atoms with E-state index in [1.54, 1.807) is 6.07 Å². The fourth-order valence-electron chi connectivity index (χ4n) is 2.19. The summed E-state index contributed by atoms with van der Waals surface area (Å²) in [5.41, 5.74) is 1.22. The van der Waals surface area contributed by atoms with Crippen molar-refractivity contribution < 1.29 is 19.1 Å². The standard InChI is InChI=1S/C19H26N2O4/c1-6-12(2)17(22)24-15-7-8-16-13(10-15)9-14(21-16)11-20-18(23)25-19(3,4)5/h7-10,12,21H,6,11H2,1-5H3,(H,20,23). The highest BCUT2D eigenvalue weighted by Gasteiger charge is 2.16. The fourth-order valence-corrected chi connectivity index (χ4v) is 2.19. The summed E-state index contributed by atoms with van der Waals surface area (Å²) in [5.74, 6) is 0.156. The molecule has 0 aliphatic heterocycles. The second kappa shape index (κ2) is 7.59. The van der Waals surface area contributed by atoms with E-state index in [0.29, 0.717) is 12.3 Å². The molecule has 6 heteroatoms. The lowest BCUT2D eigenvalue weighted by Gasteiger charge is -2.19. The molecular formula is C19H26N2O4. The number of fused-ring (bicyclic) bond motifs is 1. The molecule has 6 nitrogen and oxygen atoms in total. The maximum atomic E-state index is 11.9. The van der Waals surface area contributed by atoms with Crippen LogP contribution in [0.4, 0.5) is 4.79 Å². The predicted molar refractivity (Wildman–Crippen MR) is 96.5 cm³/mol. The predicted octanol–water partition coefficient (Wildman–Crippen LogP) is 4.14. The molecule has 2 N–H and O–H groups in total. The van der Waals surface area contributed by atoms with Crippen molar-refractivity contribution in [3.63, 3.8) is 0 Å². The molecule has 1 unspecified atom stereocenters. The molecule has 0 aliphatic carbocycles. The van der Waals surface area contributed by atoms with E-state index in [2.05, 4.69) is 10.3 Å². The molecule has 0 saturated heterocycles. The van der Waals surface area contributed by atoms with Gasteiger partial charge in [0.15, 0.2) is 0 Å². The summed E-state index contributed by atoms with van der Waals surface area (Å²) < 4.78 is 10.6. The Morgan fingerprint density at radius 1 is 1.24 bits per heavy atom. The minimum Gasteiger partial charge on any atom is -0.444 e. The maximum absolute atomic E-state index is 11.9. The average Bonchev–Trinajstić information content (AvgIpc) is 2.92. The van der Waals surface area contributed by atoms with Gasteiger partial charge in [-0.05, 0) is 51.5 Å². The van der Waals surface area contributed by atoms with E-state index in [4.69, 9.17) is 9.47 Å². The van der Waals surface area contributed by atoms with Gasteiger partial charge in [-0.25, -0.2) is 4.79 Å². The number of hydrogen-bond donors (Lipinski definition) is 2. The van der Waals surface area contributed by atoms with Gasteiger partial charge in [-0.3, -0.25) is 4.79 Å². The molecule has 1 aromatic carbocycles. The quantitative estimate of drug-likeness (QED) is 0.630. The number of rotatable bonds is 5. The number of H-pyrrole nitrogens is 1. The van der Waals surface area contributed by atoms with Gasteiger partial charge >= 0.3 is 12.1 Å². The van der Waals surface area contributed by atoms with Crippen molar-refractivity contribution in [2.45, 2.75) is 53.2 Å². The third kappa shape index (κ3) is 5.52. The molecule has 1 amide bonds. The zero-order valence-electron chi connectivity index (χ0n) is 15.4. The lowest BCUT2D eigenvalue weighted by atomic mass is 10.1. The van der Waals surface area contributed by atoms with Crippen molar-refractivity contribution >= 4 is 23.0 Å². The monoisotopic (exact) mass is 346 g/mol. The van der Waals surface area contributed by atoms with Crippen molar-refractivity contribution in [2.75, 3.05) is 0 Å². The Labute approximate surface area is 147 Å². The topological polar surface area (TPSA) is 80.4 Å². The van der Waals surface area contributed by atoms with Gasteiger partial charge in [-0.2, -0.15) is 0 Å². The van der Waals surface area contributed by atoms with Crippen LogP contribution in [-0.4, -0.2) is 22.6 Å². The Hall–Kier alpha value is -2.50. The van der Waals surface area contributed by atoms with Crippen LogP contribution in [0.25, 0.3) is 10.9 Å². The Balaban J connectivity index is 2.02. The third-order valence-electron chi connectivity index (χ3n) is 3.70. The first-order valence-corrected chi connectivity index (χ1v) is 8.48. The smallest absolute Gasteiger partial charge is 0.407 e. The fraction of sp³-hybridized carbons (Fsp3) is 0.474. The Kier molecular flexibility index (Phi) is 5.72. The van der Waals surface area contributed by atoms with Crippen LogP contribution in [-0.2, 0) is 16.1 Å². The molecule has 25 heavy (non-hydrogen) atoms. The van der Waals surface area contributed by atoms with Gasteiger partial charge < -0.3 is 19.8 Å². The minimum absolute atomic E-state index is 0.129. The number of benzene rings is 1. The molecule has 2 rings (SSSR count). The molecule has 2 aromatic rings. The molecule has 0 bridgehead atoms. The molecule has 1 atom stereocenters. The third-order valence-corrected chi connectivity index (χ3v) is 3.70. The normalized spacial score (nSPS) is 12.7. The van der Waals surface area contributed by atoms with Gasteiger partial charge in [0.1, 0.15) is 11.4 Å². The summed E-state index contributed by atoms with van der Waals surface area (Å²) in [6, 6.07) is 7.33. The zero-order valence-corrected chi connectivity index (χ0v) is 15.4. The first-order chi connectivity index (χ1) is 11.7. The van der Waals surface area contributed by atoms with E-state index in [0.717, 1.165) is 23.0 Å². The van der Waals surface area contributed by atoms with Gasteiger partial charge in [-0.15, -0.1) is 0 Å². The number of aromatic nitrogens is 1. The lowest BCUT2D eigenvalue weighted by molar-refractivity contribution is -0.138. The number of esters is 1. The molecule has 1 aromatic heterocycles. The van der Waals surface area contributed by atoms with Crippen molar-refractivity contribution in [1.29, 1.82) is 0 Å². The van der Waals surface area contributed by atoms with Crippen molar-refractivity contribution in [1.82, 2.24) is 10.3 Å². The number of amides is 1. The number of ether oxygens (including phenoxy) is 2. The molecule has 0 radical (unpaired) electrons. The summed E-state index contributed by atoms with van der Waals surface area (Å²) in [5, 5.41) is 3.62. The van der Waals surface area contributed by atoms with Crippen molar-refractivity contribution in [2.24, 2.45) is 5.92 Å². The van der Waals surface area contributed by atoms with Crippen LogP contribution in [0.3, 0.4) is 0 Å². The summed E-state index contributed by atoms with van der Waals surface area (Å²) in [7, 11) is 0. The number of aromatic amines is 1. The van der Waals surface area contributed by atoms with E-state index in [1.165, 1.54) is 0 Å². The number of carbonyl (C=O) groups excluding carboxylic acids is 2. The van der Waals surface area contributed by atoms with Gasteiger partial charge in [0, 0.05) is 16.6 Å². The summed E-state index contributed by atoms with van der Waals surface area (Å²) in [6.07, 6.45) is 0.278. The zero-order chi connectivity index (χ0) is 18.6. The highest BCUT2D eigenvalue weighted by molar-refractivity contribution is 5.83. The van der Waals surface area contributed by atoms with E-state index < -0.39 is 11.7 Å². The van der Waals surface area contributed by atoms with E-state index in [-0.39, 0.29) is 11.9 Å². The lowest BCUT2D eigenvalue weighted by Crippen LogP contribution is -2.32. The molecule has 1 heterocycles. The Morgan fingerprint density at radius 2 is 1.96 bits per heavy atom. The van der Waals surface area contributed by atoms with Gasteiger partial charge in [0.25, 0.3) is 0 Å². The van der Waals surface area contributed by atoms with Crippen LogP contribution < -0.4 is 10.1 Å². The number of carbonyl (C=O) groups is 2. The van der Waals surface area contributed by atoms with E-state index in [9.17, 15) is 9.59 Å². The van der Waals surface area contributed by atoms with Gasteiger partial charge in [0.05, 0.1) is 12.5 Å². The Morgan fingerprint density at radius 3 is 2.60 bits per heavy atom. The first kappa shape index (κ1) is 18.8. The van der Waals surface area contributed by atoms with Crippen LogP contribution >= 0.6 is 0 Å². The summed E-state index contributed by atoms with van der Waals surface area (Å²) in [6.45, 7) is 9.57. The highest BCUT2D eigenvalue weighted by Crippen LogP contribution is 2.23. The van der Waals surface area contributed by atoms with Crippen LogP contribution in [0.5, 0.6) is 5.75 Å². The number of nitrogens with one attached hydrogen (secondary N) is 2. The second-order valence-electron chi connectivity index (χ2n) is 7.13. The maximum Gasteiger partial charge on any atom is 0.407 e. The van der Waals surface area contributed by atoms with Crippen LogP contribution in [0, 0.1) is 5.92 Å². The van der Waals surface area contributed by atoms with Crippen LogP contribution in [0.1, 0.15) is 46.7 Å². The van der Waals surface area contributed by atoms with E-state index >= 15 is 0 Å². The van der Waals surface area contributed by atoms with Crippen molar-refractivity contribution in [3.05, 3.63) is 30.0 Å². The average molecular weight is 346 g/mol. The summed E-state index contributed by atoms with van der Waals surface area (Å²) in [4.78, 5) is 26.8. The number of hydrogen-bond acceptors (Lipinski definition) is 4. The second-order valence-corrected chi connectivity index (χ2v) is 7.13. The van der Waals surface area contributed by atoms with Crippen molar-refractivity contribution in [3.8, 4) is 5.75 Å². The van der Waals surface area contributed by atoms with Gasteiger partial charge in [0.2, 0.25) is 0 Å². The minimum atomic E-state index is -0.529. The summed E-state index contributed by atoms with van der Waals surface area (Å²) >= 11 is 0. The largest absolute Gasteiger partial charge is 0.444 e. The molecule has 136 valence electrons. The molecule has 0 saturated carbocycles. The molecule has 0 fully saturated rings.